The van der Waals surface area contributed by atoms with E-state index < -0.39 is 0 Å². The van der Waals surface area contributed by atoms with Crippen molar-refractivity contribution in [2.45, 2.75) is 126 Å². The first-order valence-corrected chi connectivity index (χ1v) is 14.3. The average Bonchev–Trinajstić information content (AvgIpc) is 3.01. The van der Waals surface area contributed by atoms with Gasteiger partial charge in [0.1, 0.15) is 6.10 Å². The molecule has 4 aliphatic carbocycles. The van der Waals surface area contributed by atoms with Crippen LogP contribution in [0.3, 0.4) is 0 Å². The lowest BCUT2D eigenvalue weighted by molar-refractivity contribution is -0.162. The molecule has 0 bridgehead atoms. The summed E-state index contributed by atoms with van der Waals surface area (Å²) in [6, 6.07) is 0. The van der Waals surface area contributed by atoms with Crippen LogP contribution >= 0.6 is 0 Å². The third kappa shape index (κ3) is 3.85. The van der Waals surface area contributed by atoms with Crippen LogP contribution < -0.4 is 0 Å². The Kier molecular flexibility index (Phi) is 6.74. The number of allylic oxidation sites excluding steroid dienone is 3. The van der Waals surface area contributed by atoms with Crippen LogP contribution in [0, 0.1) is 45.3 Å². The van der Waals surface area contributed by atoms with Crippen molar-refractivity contribution in [2.75, 3.05) is 0 Å². The van der Waals surface area contributed by atoms with Gasteiger partial charge in [0, 0.05) is 12.3 Å². The molecule has 34 heavy (non-hydrogen) atoms. The average molecular weight is 469 g/mol. The zero-order valence-corrected chi connectivity index (χ0v) is 23.7. The Bertz CT molecular complexity index is 860. The van der Waals surface area contributed by atoms with Crippen LogP contribution in [0.1, 0.15) is 120 Å². The summed E-state index contributed by atoms with van der Waals surface area (Å²) in [5.41, 5.74) is 4.25. The third-order valence-electron chi connectivity index (χ3n) is 12.0. The fourth-order valence-corrected chi connectivity index (χ4v) is 9.86. The van der Waals surface area contributed by atoms with E-state index in [1.807, 2.05) is 0 Å². The van der Waals surface area contributed by atoms with Crippen molar-refractivity contribution in [2.24, 2.45) is 45.3 Å². The second-order valence-corrected chi connectivity index (χ2v) is 14.2. The van der Waals surface area contributed by atoms with Gasteiger partial charge in [-0.1, -0.05) is 64.8 Å². The topological polar surface area (TPSA) is 26.3 Å². The number of rotatable bonds is 5. The molecule has 3 fully saturated rings. The first kappa shape index (κ1) is 26.0. The summed E-state index contributed by atoms with van der Waals surface area (Å²) >= 11 is 0. The molecule has 0 unspecified atom stereocenters. The molecule has 0 aromatic heterocycles. The van der Waals surface area contributed by atoms with Crippen LogP contribution in [0.25, 0.3) is 0 Å². The van der Waals surface area contributed by atoms with E-state index in [2.05, 4.69) is 67.5 Å². The summed E-state index contributed by atoms with van der Waals surface area (Å²) in [7, 11) is 0. The van der Waals surface area contributed by atoms with Gasteiger partial charge in [-0.3, -0.25) is 4.79 Å². The summed E-state index contributed by atoms with van der Waals surface area (Å²) in [4.78, 5) is 11.8. The molecule has 0 amide bonds. The van der Waals surface area contributed by atoms with Crippen molar-refractivity contribution < 1.29 is 9.53 Å². The van der Waals surface area contributed by atoms with E-state index in [0.29, 0.717) is 22.2 Å². The molecule has 0 radical (unpaired) electrons. The Morgan fingerprint density at radius 2 is 1.74 bits per heavy atom. The highest BCUT2D eigenvalue weighted by molar-refractivity contribution is 5.66. The first-order valence-electron chi connectivity index (χ1n) is 14.3. The molecule has 0 spiro atoms. The summed E-state index contributed by atoms with van der Waals surface area (Å²) in [5.74, 6) is 2.94. The van der Waals surface area contributed by atoms with Gasteiger partial charge < -0.3 is 4.74 Å². The molecule has 0 aliphatic heterocycles. The van der Waals surface area contributed by atoms with E-state index in [0.717, 1.165) is 24.2 Å². The van der Waals surface area contributed by atoms with Gasteiger partial charge in [-0.25, -0.2) is 0 Å². The molecule has 4 rings (SSSR count). The Balaban J connectivity index is 1.61. The van der Waals surface area contributed by atoms with Crippen molar-refractivity contribution in [3.63, 3.8) is 0 Å². The Labute approximate surface area is 210 Å². The predicted octanol–water partition coefficient (Wildman–Crippen LogP) is 8.91. The zero-order chi connectivity index (χ0) is 25.1. The number of esters is 1. The monoisotopic (exact) mass is 468 g/mol. The lowest BCUT2D eigenvalue weighted by Gasteiger charge is -2.66. The van der Waals surface area contributed by atoms with Gasteiger partial charge >= 0.3 is 5.97 Å². The summed E-state index contributed by atoms with van der Waals surface area (Å²) in [6.07, 6.45) is 16.6. The molecule has 2 nitrogen and oxygen atoms in total. The minimum absolute atomic E-state index is 0.0228. The maximum atomic E-state index is 11.8. The van der Waals surface area contributed by atoms with Crippen LogP contribution in [-0.2, 0) is 9.53 Å². The Hall–Kier alpha value is -1.05. The van der Waals surface area contributed by atoms with Crippen LogP contribution in [0.4, 0.5) is 0 Å². The SMILES string of the molecule is CC(=O)O[C@H]1CC[C@@H]2C(=CC[C@H]3[C@@]2(C)CC[C@@]2(C)[C@H]([C@@H](C)CCC=C(C)C)CC[C@]32C)C1(C)C. The van der Waals surface area contributed by atoms with E-state index in [4.69, 9.17) is 4.74 Å². The van der Waals surface area contributed by atoms with Gasteiger partial charge in [0.05, 0.1) is 0 Å². The number of hydrogen-bond acceptors (Lipinski definition) is 2. The fourth-order valence-electron chi connectivity index (χ4n) is 9.86. The van der Waals surface area contributed by atoms with E-state index in [-0.39, 0.29) is 17.5 Å². The van der Waals surface area contributed by atoms with Gasteiger partial charge in [0.15, 0.2) is 0 Å². The second kappa shape index (κ2) is 8.81. The van der Waals surface area contributed by atoms with Crippen molar-refractivity contribution in [3.05, 3.63) is 23.3 Å². The first-order chi connectivity index (χ1) is 15.8. The van der Waals surface area contributed by atoms with Crippen molar-refractivity contribution in [1.29, 1.82) is 0 Å². The van der Waals surface area contributed by atoms with E-state index in [1.165, 1.54) is 56.9 Å². The summed E-state index contributed by atoms with van der Waals surface area (Å²) in [6.45, 7) is 21.2. The maximum absolute atomic E-state index is 11.8. The molecule has 2 heteroatoms. The number of carbonyl (C=O) groups is 1. The zero-order valence-electron chi connectivity index (χ0n) is 23.7. The van der Waals surface area contributed by atoms with Crippen molar-refractivity contribution in [3.8, 4) is 0 Å². The molecule has 0 N–H and O–H groups in total. The highest BCUT2D eigenvalue weighted by Crippen LogP contribution is 2.75. The van der Waals surface area contributed by atoms with Gasteiger partial charge in [-0.2, -0.15) is 0 Å². The fraction of sp³-hybridized carbons (Fsp3) is 0.844. The summed E-state index contributed by atoms with van der Waals surface area (Å²) in [5, 5.41) is 0. The summed E-state index contributed by atoms with van der Waals surface area (Å²) < 4.78 is 5.83. The molecule has 4 aliphatic rings. The number of hydrogen-bond donors (Lipinski definition) is 0. The minimum Gasteiger partial charge on any atom is -0.462 e. The number of carbonyl (C=O) groups excluding carboxylic acids is 1. The molecule has 0 aromatic carbocycles. The van der Waals surface area contributed by atoms with E-state index in [9.17, 15) is 4.79 Å². The molecule has 3 saturated carbocycles. The van der Waals surface area contributed by atoms with Crippen LogP contribution in [0.15, 0.2) is 23.3 Å². The van der Waals surface area contributed by atoms with E-state index >= 15 is 0 Å². The normalized spacial score (nSPS) is 43.6. The standard InChI is InChI=1S/C32H52O2/c1-21(2)11-10-12-22(3)24-17-18-32(9)27-15-13-25-26(30(27,7)19-20-31(24,32)8)14-16-28(29(25,5)6)34-23(4)33/h11,13,22,24,26-28H,10,12,14-20H2,1-9H3/t22-,24-,26+,27-,28-,30-,31-,32+/m0/s1. The molecule has 0 aromatic rings. The highest BCUT2D eigenvalue weighted by Gasteiger charge is 2.67. The Morgan fingerprint density at radius 1 is 1.03 bits per heavy atom. The smallest absolute Gasteiger partial charge is 0.302 e. The molecular formula is C32H52O2. The molecular weight excluding hydrogens is 416 g/mol. The predicted molar refractivity (Wildman–Crippen MR) is 142 cm³/mol. The van der Waals surface area contributed by atoms with Crippen molar-refractivity contribution >= 4 is 5.97 Å². The highest BCUT2D eigenvalue weighted by atomic mass is 16.5. The van der Waals surface area contributed by atoms with Gasteiger partial charge in [0.25, 0.3) is 0 Å². The largest absolute Gasteiger partial charge is 0.462 e. The van der Waals surface area contributed by atoms with Crippen LogP contribution in [0.2, 0.25) is 0 Å². The molecule has 0 saturated heterocycles. The lowest BCUT2D eigenvalue weighted by Crippen LogP contribution is -2.59. The number of fused-ring (bicyclic) bond motifs is 5. The maximum Gasteiger partial charge on any atom is 0.302 e. The Morgan fingerprint density at radius 3 is 2.38 bits per heavy atom. The van der Waals surface area contributed by atoms with Gasteiger partial charge in [0.2, 0.25) is 0 Å². The van der Waals surface area contributed by atoms with Gasteiger partial charge in [-0.15, -0.1) is 0 Å². The molecule has 8 atom stereocenters. The van der Waals surface area contributed by atoms with Crippen LogP contribution in [0.5, 0.6) is 0 Å². The lowest BCUT2D eigenvalue weighted by atomic mass is 9.39. The van der Waals surface area contributed by atoms with Crippen molar-refractivity contribution in [1.82, 2.24) is 0 Å². The second-order valence-electron chi connectivity index (χ2n) is 14.2. The van der Waals surface area contributed by atoms with Gasteiger partial charge in [-0.05, 0) is 112 Å². The van der Waals surface area contributed by atoms with E-state index in [1.54, 1.807) is 12.5 Å². The molecule has 0 heterocycles. The third-order valence-corrected chi connectivity index (χ3v) is 12.0. The minimum atomic E-state index is -0.131. The van der Waals surface area contributed by atoms with Crippen LogP contribution in [-0.4, -0.2) is 12.1 Å². The number of ether oxygens (including phenoxy) is 1. The molecule has 192 valence electrons. The quantitative estimate of drug-likeness (QED) is 0.297.